The first-order valence-electron chi connectivity index (χ1n) is 7.12. The molecule has 0 bridgehead atoms. The maximum Gasteiger partial charge on any atom is 0.185 e. The standard InChI is InChI=1S/C18H17ClO2/c1-11(2)16-14-5-3-4-6-15(14)21-18(17(16)20)12-7-9-13(19)10-8-12/h3-11,16,18H,1-2H3. The lowest BCUT2D eigenvalue weighted by atomic mass is 9.79. The molecule has 0 amide bonds. The first-order chi connectivity index (χ1) is 10.1. The van der Waals surface area contributed by atoms with Gasteiger partial charge in [0.15, 0.2) is 11.9 Å². The van der Waals surface area contributed by atoms with Gasteiger partial charge in [-0.1, -0.05) is 55.8 Å². The zero-order valence-corrected chi connectivity index (χ0v) is 12.8. The lowest BCUT2D eigenvalue weighted by Gasteiger charge is -2.33. The molecule has 0 spiro atoms. The number of Topliss-reactive ketones (excluding diaryl/α,β-unsaturated/α-hetero) is 1. The lowest BCUT2D eigenvalue weighted by Crippen LogP contribution is -2.32. The minimum atomic E-state index is -0.551. The Balaban J connectivity index is 2.05. The van der Waals surface area contributed by atoms with Crippen LogP contribution in [0.3, 0.4) is 0 Å². The number of hydrogen-bond donors (Lipinski definition) is 0. The summed E-state index contributed by atoms with van der Waals surface area (Å²) < 4.78 is 5.96. The van der Waals surface area contributed by atoms with E-state index in [9.17, 15) is 4.79 Å². The van der Waals surface area contributed by atoms with Gasteiger partial charge in [-0.3, -0.25) is 4.79 Å². The molecule has 3 heteroatoms. The lowest BCUT2D eigenvalue weighted by molar-refractivity contribution is -0.130. The van der Waals surface area contributed by atoms with Gasteiger partial charge in [-0.15, -0.1) is 0 Å². The molecule has 0 saturated heterocycles. The molecule has 1 heterocycles. The molecule has 2 unspecified atom stereocenters. The van der Waals surface area contributed by atoms with E-state index in [1.165, 1.54) is 0 Å². The summed E-state index contributed by atoms with van der Waals surface area (Å²) in [7, 11) is 0. The second-order valence-electron chi connectivity index (χ2n) is 5.71. The van der Waals surface area contributed by atoms with Crippen molar-refractivity contribution in [2.45, 2.75) is 25.9 Å². The molecule has 2 nitrogen and oxygen atoms in total. The van der Waals surface area contributed by atoms with Gasteiger partial charge in [0.2, 0.25) is 0 Å². The van der Waals surface area contributed by atoms with Crippen LogP contribution in [-0.2, 0) is 4.79 Å². The fourth-order valence-corrected chi connectivity index (χ4v) is 3.03. The highest BCUT2D eigenvalue weighted by molar-refractivity contribution is 6.30. The van der Waals surface area contributed by atoms with Crippen molar-refractivity contribution < 1.29 is 9.53 Å². The molecule has 0 radical (unpaired) electrons. The van der Waals surface area contributed by atoms with Crippen molar-refractivity contribution in [3.05, 3.63) is 64.7 Å². The monoisotopic (exact) mass is 300 g/mol. The van der Waals surface area contributed by atoms with Crippen LogP contribution in [0.4, 0.5) is 0 Å². The topological polar surface area (TPSA) is 26.3 Å². The Morgan fingerprint density at radius 1 is 1.05 bits per heavy atom. The van der Waals surface area contributed by atoms with E-state index in [1.54, 1.807) is 12.1 Å². The van der Waals surface area contributed by atoms with Gasteiger partial charge < -0.3 is 4.74 Å². The van der Waals surface area contributed by atoms with Crippen LogP contribution in [0.5, 0.6) is 5.75 Å². The maximum atomic E-state index is 12.9. The molecule has 0 fully saturated rings. The molecular weight excluding hydrogens is 284 g/mol. The number of carbonyl (C=O) groups is 1. The van der Waals surface area contributed by atoms with Gasteiger partial charge in [-0.25, -0.2) is 0 Å². The van der Waals surface area contributed by atoms with Gasteiger partial charge in [0.25, 0.3) is 0 Å². The van der Waals surface area contributed by atoms with E-state index in [2.05, 4.69) is 13.8 Å². The predicted octanol–water partition coefficient (Wildman–Crippen LogP) is 4.78. The Hall–Kier alpha value is -1.80. The number of carbonyl (C=O) groups excluding carboxylic acids is 1. The summed E-state index contributed by atoms with van der Waals surface area (Å²) in [5.74, 6) is 1.02. The average Bonchev–Trinajstić information content (AvgIpc) is 2.47. The van der Waals surface area contributed by atoms with Gasteiger partial charge in [0.1, 0.15) is 5.75 Å². The highest BCUT2D eigenvalue weighted by atomic mass is 35.5. The van der Waals surface area contributed by atoms with E-state index < -0.39 is 6.10 Å². The summed E-state index contributed by atoms with van der Waals surface area (Å²) in [6.45, 7) is 4.15. The molecule has 108 valence electrons. The summed E-state index contributed by atoms with van der Waals surface area (Å²) in [5, 5.41) is 0.655. The number of fused-ring (bicyclic) bond motifs is 1. The molecule has 2 aromatic rings. The molecule has 21 heavy (non-hydrogen) atoms. The summed E-state index contributed by atoms with van der Waals surface area (Å²) >= 11 is 5.92. The van der Waals surface area contributed by atoms with Crippen LogP contribution < -0.4 is 4.74 Å². The Morgan fingerprint density at radius 3 is 2.38 bits per heavy atom. The smallest absolute Gasteiger partial charge is 0.185 e. The fourth-order valence-electron chi connectivity index (χ4n) is 2.90. The number of ether oxygens (including phenoxy) is 1. The molecule has 2 atom stereocenters. The van der Waals surface area contributed by atoms with Gasteiger partial charge in [0.05, 0.1) is 5.92 Å². The Bertz CT molecular complexity index is 661. The largest absolute Gasteiger partial charge is 0.478 e. The maximum absolute atomic E-state index is 12.9. The Kier molecular flexibility index (Phi) is 3.73. The van der Waals surface area contributed by atoms with Crippen molar-refractivity contribution >= 4 is 17.4 Å². The van der Waals surface area contributed by atoms with E-state index in [4.69, 9.17) is 16.3 Å². The number of benzene rings is 2. The van der Waals surface area contributed by atoms with Gasteiger partial charge in [-0.05, 0) is 29.7 Å². The second kappa shape index (κ2) is 5.53. The van der Waals surface area contributed by atoms with Gasteiger partial charge >= 0.3 is 0 Å². The molecule has 0 aliphatic carbocycles. The fraction of sp³-hybridized carbons (Fsp3) is 0.278. The Labute approximate surface area is 129 Å². The Morgan fingerprint density at radius 2 is 1.71 bits per heavy atom. The zero-order chi connectivity index (χ0) is 15.0. The van der Waals surface area contributed by atoms with Crippen LogP contribution in [0.15, 0.2) is 48.5 Å². The number of hydrogen-bond acceptors (Lipinski definition) is 2. The third-order valence-electron chi connectivity index (χ3n) is 3.90. The summed E-state index contributed by atoms with van der Waals surface area (Å²) in [6.07, 6.45) is -0.551. The van der Waals surface area contributed by atoms with Crippen LogP contribution in [0.2, 0.25) is 5.02 Å². The van der Waals surface area contributed by atoms with Crippen molar-refractivity contribution in [1.29, 1.82) is 0 Å². The number of halogens is 1. The van der Waals surface area contributed by atoms with Gasteiger partial charge in [-0.2, -0.15) is 0 Å². The van der Waals surface area contributed by atoms with Crippen molar-refractivity contribution in [3.63, 3.8) is 0 Å². The van der Waals surface area contributed by atoms with E-state index in [0.29, 0.717) is 5.02 Å². The average molecular weight is 301 g/mol. The minimum Gasteiger partial charge on any atom is -0.478 e. The van der Waals surface area contributed by atoms with Crippen molar-refractivity contribution in [2.24, 2.45) is 5.92 Å². The summed E-state index contributed by atoms with van der Waals surface area (Å²) in [5.41, 5.74) is 1.84. The molecule has 1 aliphatic heterocycles. The minimum absolute atomic E-state index is 0.117. The van der Waals surface area contributed by atoms with Crippen LogP contribution in [0.1, 0.15) is 37.0 Å². The van der Waals surface area contributed by atoms with E-state index in [1.807, 2.05) is 36.4 Å². The number of ketones is 1. The summed E-state index contributed by atoms with van der Waals surface area (Å²) in [4.78, 5) is 12.9. The molecule has 0 saturated carbocycles. The predicted molar refractivity (Wildman–Crippen MR) is 83.8 cm³/mol. The molecule has 1 aliphatic rings. The van der Waals surface area contributed by atoms with E-state index >= 15 is 0 Å². The first kappa shape index (κ1) is 14.2. The van der Waals surface area contributed by atoms with Crippen molar-refractivity contribution in [2.75, 3.05) is 0 Å². The van der Waals surface area contributed by atoms with Crippen LogP contribution in [0.25, 0.3) is 0 Å². The third-order valence-corrected chi connectivity index (χ3v) is 4.16. The summed E-state index contributed by atoms with van der Waals surface area (Å²) in [6, 6.07) is 15.1. The molecular formula is C18H17ClO2. The van der Waals surface area contributed by atoms with Crippen LogP contribution >= 0.6 is 11.6 Å². The highest BCUT2D eigenvalue weighted by Crippen LogP contribution is 2.42. The van der Waals surface area contributed by atoms with Crippen molar-refractivity contribution in [3.8, 4) is 5.75 Å². The van der Waals surface area contributed by atoms with Crippen LogP contribution in [-0.4, -0.2) is 5.78 Å². The zero-order valence-electron chi connectivity index (χ0n) is 12.0. The molecule has 0 N–H and O–H groups in total. The number of rotatable bonds is 2. The third kappa shape index (κ3) is 2.56. The quantitative estimate of drug-likeness (QED) is 0.797. The molecule has 3 rings (SSSR count). The van der Waals surface area contributed by atoms with Crippen molar-refractivity contribution in [1.82, 2.24) is 0 Å². The van der Waals surface area contributed by atoms with Crippen LogP contribution in [0, 0.1) is 5.92 Å². The van der Waals surface area contributed by atoms with Gasteiger partial charge in [0, 0.05) is 10.6 Å². The van der Waals surface area contributed by atoms with E-state index in [0.717, 1.165) is 16.9 Å². The molecule has 2 aromatic carbocycles. The normalized spacial score (nSPS) is 21.0. The SMILES string of the molecule is CC(C)C1C(=O)C(c2ccc(Cl)cc2)Oc2ccccc21. The number of para-hydroxylation sites is 1. The first-order valence-corrected chi connectivity index (χ1v) is 7.50. The van der Waals surface area contributed by atoms with E-state index in [-0.39, 0.29) is 17.6 Å². The molecule has 0 aromatic heterocycles. The highest BCUT2D eigenvalue weighted by Gasteiger charge is 2.38. The second-order valence-corrected chi connectivity index (χ2v) is 6.15.